The predicted octanol–water partition coefficient (Wildman–Crippen LogP) is 2.33. The molecule has 1 N–H and O–H groups in total. The number of aromatic nitrogens is 3. The van der Waals surface area contributed by atoms with Crippen LogP contribution in [0.2, 0.25) is 0 Å². The van der Waals surface area contributed by atoms with Gasteiger partial charge in [-0.1, -0.05) is 6.07 Å². The Bertz CT molecular complexity index is 518. The number of hydrogen-bond acceptors (Lipinski definition) is 3. The number of halogens is 3. The van der Waals surface area contributed by atoms with Gasteiger partial charge in [-0.05, 0) is 12.1 Å². The van der Waals surface area contributed by atoms with Gasteiger partial charge in [0.25, 0.3) is 0 Å². The van der Waals surface area contributed by atoms with E-state index in [2.05, 4.69) is 15.4 Å². The maximum atomic E-state index is 12.4. The fraction of sp³-hybridized carbons (Fsp3) is 0.200. The first kappa shape index (κ1) is 11.4. The molecular formula is C10H9F3N4. The van der Waals surface area contributed by atoms with Crippen molar-refractivity contribution in [3.05, 3.63) is 36.2 Å². The van der Waals surface area contributed by atoms with E-state index in [1.807, 2.05) is 0 Å². The molecule has 2 rings (SSSR count). The van der Waals surface area contributed by atoms with Crippen LogP contribution < -0.4 is 5.32 Å². The Morgan fingerprint density at radius 1 is 1.29 bits per heavy atom. The lowest BCUT2D eigenvalue weighted by atomic mass is 10.3. The molecule has 0 aliphatic carbocycles. The highest BCUT2D eigenvalue weighted by atomic mass is 19.4. The fourth-order valence-electron chi connectivity index (χ4n) is 1.28. The zero-order valence-electron chi connectivity index (χ0n) is 8.86. The third-order valence-electron chi connectivity index (χ3n) is 2.14. The Balaban J connectivity index is 2.37. The van der Waals surface area contributed by atoms with Crippen molar-refractivity contribution in [1.29, 1.82) is 0 Å². The summed E-state index contributed by atoms with van der Waals surface area (Å²) in [6.07, 6.45) is -2.71. The zero-order chi connectivity index (χ0) is 12.5. The van der Waals surface area contributed by atoms with Gasteiger partial charge in [-0.25, -0.2) is 9.67 Å². The van der Waals surface area contributed by atoms with Gasteiger partial charge in [-0.3, -0.25) is 0 Å². The molecule has 0 aliphatic rings. The number of pyridine rings is 1. The van der Waals surface area contributed by atoms with Crippen LogP contribution in [0.5, 0.6) is 0 Å². The van der Waals surface area contributed by atoms with E-state index in [0.717, 1.165) is 17.1 Å². The van der Waals surface area contributed by atoms with Crippen LogP contribution in [0.4, 0.5) is 19.0 Å². The molecule has 0 atom stereocenters. The normalized spacial score (nSPS) is 11.5. The Labute approximate surface area is 95.1 Å². The molecule has 90 valence electrons. The number of rotatable bonds is 2. The van der Waals surface area contributed by atoms with Gasteiger partial charge in [0, 0.05) is 13.2 Å². The van der Waals surface area contributed by atoms with Gasteiger partial charge >= 0.3 is 6.18 Å². The van der Waals surface area contributed by atoms with Gasteiger partial charge in [0.1, 0.15) is 5.82 Å². The van der Waals surface area contributed by atoms with Gasteiger partial charge in [0.2, 0.25) is 0 Å². The first-order valence-corrected chi connectivity index (χ1v) is 4.78. The lowest BCUT2D eigenvalue weighted by Gasteiger charge is -2.03. The SMILES string of the molecule is CNc1cccc(-n2cc(C(F)(F)F)cn2)n1. The van der Waals surface area contributed by atoms with Crippen molar-refractivity contribution < 1.29 is 13.2 Å². The van der Waals surface area contributed by atoms with E-state index in [4.69, 9.17) is 0 Å². The third-order valence-corrected chi connectivity index (χ3v) is 2.14. The number of anilines is 1. The molecule has 0 aromatic carbocycles. The highest BCUT2D eigenvalue weighted by molar-refractivity contribution is 5.38. The molecule has 0 unspecified atom stereocenters. The van der Waals surface area contributed by atoms with E-state index >= 15 is 0 Å². The molecule has 2 aromatic rings. The second-order valence-corrected chi connectivity index (χ2v) is 3.30. The van der Waals surface area contributed by atoms with Crippen molar-refractivity contribution >= 4 is 5.82 Å². The molecule has 0 radical (unpaired) electrons. The summed E-state index contributed by atoms with van der Waals surface area (Å²) in [7, 11) is 1.68. The maximum Gasteiger partial charge on any atom is 0.419 e. The molecule has 0 amide bonds. The number of nitrogens with zero attached hydrogens (tertiary/aromatic N) is 3. The topological polar surface area (TPSA) is 42.7 Å². The van der Waals surface area contributed by atoms with Gasteiger partial charge in [0.15, 0.2) is 5.82 Å². The average Bonchev–Trinajstić information content (AvgIpc) is 2.78. The van der Waals surface area contributed by atoms with Gasteiger partial charge in [-0.15, -0.1) is 0 Å². The first-order chi connectivity index (χ1) is 8.00. The third kappa shape index (κ3) is 2.38. The van der Waals surface area contributed by atoms with Crippen LogP contribution in [-0.2, 0) is 6.18 Å². The molecule has 0 bridgehead atoms. The van der Waals surface area contributed by atoms with Gasteiger partial charge in [0.05, 0.1) is 11.8 Å². The van der Waals surface area contributed by atoms with E-state index in [9.17, 15) is 13.2 Å². The second kappa shape index (κ2) is 4.08. The smallest absolute Gasteiger partial charge is 0.373 e. The Morgan fingerprint density at radius 2 is 2.06 bits per heavy atom. The summed E-state index contributed by atoms with van der Waals surface area (Å²) in [5.41, 5.74) is -0.797. The fourth-order valence-corrected chi connectivity index (χ4v) is 1.28. The minimum atomic E-state index is -4.39. The summed E-state index contributed by atoms with van der Waals surface area (Å²) in [6.45, 7) is 0. The van der Waals surface area contributed by atoms with E-state index in [0.29, 0.717) is 11.6 Å². The maximum absolute atomic E-state index is 12.4. The summed E-state index contributed by atoms with van der Waals surface area (Å²) in [5, 5.41) is 6.43. The van der Waals surface area contributed by atoms with Crippen LogP contribution in [0, 0.1) is 0 Å². The molecule has 4 nitrogen and oxygen atoms in total. The first-order valence-electron chi connectivity index (χ1n) is 4.78. The lowest BCUT2D eigenvalue weighted by molar-refractivity contribution is -0.137. The molecule has 2 aromatic heterocycles. The summed E-state index contributed by atoms with van der Waals surface area (Å²) in [4.78, 5) is 4.08. The van der Waals surface area contributed by atoms with Crippen LogP contribution in [-0.4, -0.2) is 21.8 Å². The van der Waals surface area contributed by atoms with Crippen LogP contribution in [0.1, 0.15) is 5.56 Å². The molecule has 0 saturated carbocycles. The lowest BCUT2D eigenvalue weighted by Crippen LogP contribution is -2.03. The second-order valence-electron chi connectivity index (χ2n) is 3.30. The van der Waals surface area contributed by atoms with Crippen molar-refractivity contribution in [2.24, 2.45) is 0 Å². The summed E-state index contributed by atoms with van der Waals surface area (Å²) in [6, 6.07) is 4.97. The van der Waals surface area contributed by atoms with E-state index in [1.165, 1.54) is 0 Å². The minimum absolute atomic E-state index is 0.326. The van der Waals surface area contributed by atoms with Crippen LogP contribution in [0.25, 0.3) is 5.82 Å². The highest BCUT2D eigenvalue weighted by Gasteiger charge is 2.32. The van der Waals surface area contributed by atoms with E-state index in [-0.39, 0.29) is 0 Å². The average molecular weight is 242 g/mol. The molecule has 0 spiro atoms. The highest BCUT2D eigenvalue weighted by Crippen LogP contribution is 2.28. The monoisotopic (exact) mass is 242 g/mol. The van der Waals surface area contributed by atoms with Gasteiger partial charge < -0.3 is 5.32 Å². The Morgan fingerprint density at radius 3 is 2.65 bits per heavy atom. The van der Waals surface area contributed by atoms with Crippen LogP contribution in [0.15, 0.2) is 30.6 Å². The summed E-state index contributed by atoms with van der Waals surface area (Å²) >= 11 is 0. The largest absolute Gasteiger partial charge is 0.419 e. The summed E-state index contributed by atoms with van der Waals surface area (Å²) < 4.78 is 38.2. The number of nitrogens with one attached hydrogen (secondary N) is 1. The molecular weight excluding hydrogens is 233 g/mol. The quantitative estimate of drug-likeness (QED) is 0.878. The Kier molecular flexibility index (Phi) is 2.74. The molecule has 2 heterocycles. The standard InChI is InChI=1S/C10H9F3N4/c1-14-8-3-2-4-9(16-8)17-6-7(5-15-17)10(11,12)13/h2-6H,1H3,(H,14,16). The van der Waals surface area contributed by atoms with Crippen molar-refractivity contribution in [2.75, 3.05) is 12.4 Å². The zero-order valence-corrected chi connectivity index (χ0v) is 8.86. The van der Waals surface area contributed by atoms with Crippen LogP contribution >= 0.6 is 0 Å². The van der Waals surface area contributed by atoms with Crippen molar-refractivity contribution in [3.8, 4) is 5.82 Å². The molecule has 0 saturated heterocycles. The molecule has 7 heteroatoms. The summed E-state index contributed by atoms with van der Waals surface area (Å²) in [5.74, 6) is 0.888. The van der Waals surface area contributed by atoms with Crippen LogP contribution in [0.3, 0.4) is 0 Å². The number of alkyl halides is 3. The molecule has 17 heavy (non-hydrogen) atoms. The van der Waals surface area contributed by atoms with Crippen molar-refractivity contribution in [3.63, 3.8) is 0 Å². The van der Waals surface area contributed by atoms with Gasteiger partial charge in [-0.2, -0.15) is 18.3 Å². The minimum Gasteiger partial charge on any atom is -0.373 e. The van der Waals surface area contributed by atoms with Crippen molar-refractivity contribution in [2.45, 2.75) is 6.18 Å². The number of hydrogen-bond donors (Lipinski definition) is 1. The van der Waals surface area contributed by atoms with E-state index in [1.54, 1.807) is 25.2 Å². The van der Waals surface area contributed by atoms with Crippen molar-refractivity contribution in [1.82, 2.24) is 14.8 Å². The van der Waals surface area contributed by atoms with E-state index < -0.39 is 11.7 Å². The Hall–Kier alpha value is -2.05. The molecule has 0 fully saturated rings. The molecule has 0 aliphatic heterocycles. The predicted molar refractivity (Wildman–Crippen MR) is 55.9 cm³/mol.